The number of aryl methyl sites for hydroxylation is 1. The molecular formula is C24H16Cl2N2O3. The summed E-state index contributed by atoms with van der Waals surface area (Å²) in [4.78, 5) is 24.6. The average Bonchev–Trinajstić information content (AvgIpc) is 2.76. The smallest absolute Gasteiger partial charge is 0.343 e. The zero-order valence-corrected chi connectivity index (χ0v) is 17.9. The van der Waals surface area contributed by atoms with E-state index < -0.39 is 11.9 Å². The summed E-state index contributed by atoms with van der Waals surface area (Å²) in [6, 6.07) is 20.0. The highest BCUT2D eigenvalue weighted by Gasteiger charge is 2.11. The average molecular weight is 451 g/mol. The minimum atomic E-state index is -0.587. The van der Waals surface area contributed by atoms with Crippen molar-refractivity contribution in [2.75, 3.05) is 5.32 Å². The lowest BCUT2D eigenvalue weighted by Gasteiger charge is -2.06. The van der Waals surface area contributed by atoms with Gasteiger partial charge in [0.2, 0.25) is 0 Å². The van der Waals surface area contributed by atoms with E-state index in [0.717, 1.165) is 5.56 Å². The number of ether oxygens (including phenoxy) is 1. The molecule has 1 amide bonds. The van der Waals surface area contributed by atoms with Gasteiger partial charge in [0, 0.05) is 5.69 Å². The first-order chi connectivity index (χ1) is 14.9. The van der Waals surface area contributed by atoms with Crippen LogP contribution in [0.5, 0.6) is 5.75 Å². The maximum absolute atomic E-state index is 12.4. The number of nitriles is 1. The minimum absolute atomic E-state index is 0.101. The van der Waals surface area contributed by atoms with E-state index >= 15 is 0 Å². The zero-order valence-electron chi connectivity index (χ0n) is 16.4. The lowest BCUT2D eigenvalue weighted by atomic mass is 10.1. The van der Waals surface area contributed by atoms with Crippen molar-refractivity contribution < 1.29 is 14.3 Å². The van der Waals surface area contributed by atoms with E-state index in [9.17, 15) is 14.9 Å². The molecule has 0 saturated carbocycles. The van der Waals surface area contributed by atoms with E-state index in [1.165, 1.54) is 12.1 Å². The van der Waals surface area contributed by atoms with Crippen molar-refractivity contribution in [3.05, 3.63) is 99.0 Å². The molecule has 0 aliphatic rings. The summed E-state index contributed by atoms with van der Waals surface area (Å²) in [6.07, 6.45) is 1.43. The van der Waals surface area contributed by atoms with Crippen LogP contribution in [0.4, 0.5) is 5.69 Å². The highest BCUT2D eigenvalue weighted by atomic mass is 35.5. The molecule has 0 bridgehead atoms. The summed E-state index contributed by atoms with van der Waals surface area (Å²) in [5.74, 6) is -0.709. The maximum atomic E-state index is 12.4. The number of nitrogens with one attached hydrogen (secondary N) is 1. The van der Waals surface area contributed by atoms with Crippen LogP contribution in [0.2, 0.25) is 10.0 Å². The molecule has 0 aliphatic heterocycles. The first kappa shape index (κ1) is 22.1. The van der Waals surface area contributed by atoms with Crippen molar-refractivity contribution in [3.8, 4) is 11.8 Å². The molecule has 3 aromatic rings. The second-order valence-corrected chi connectivity index (χ2v) is 7.39. The second kappa shape index (κ2) is 9.94. The van der Waals surface area contributed by atoms with E-state index in [1.54, 1.807) is 48.5 Å². The van der Waals surface area contributed by atoms with Crippen molar-refractivity contribution >= 4 is 46.8 Å². The number of anilines is 1. The molecule has 0 unspecified atom stereocenters. The molecule has 0 saturated heterocycles. The predicted octanol–water partition coefficient (Wildman–Crippen LogP) is 6.07. The molecular weight excluding hydrogens is 435 g/mol. The Balaban J connectivity index is 1.69. The van der Waals surface area contributed by atoms with Crippen LogP contribution in [-0.4, -0.2) is 11.9 Å². The number of benzene rings is 3. The molecule has 0 aliphatic carbocycles. The Morgan fingerprint density at radius 3 is 2.26 bits per heavy atom. The number of halogens is 2. The summed E-state index contributed by atoms with van der Waals surface area (Å²) in [5.41, 5.74) is 2.40. The Hall–Kier alpha value is -3.59. The molecule has 0 heterocycles. The zero-order chi connectivity index (χ0) is 22.4. The minimum Gasteiger partial charge on any atom is -0.423 e. The first-order valence-electron chi connectivity index (χ1n) is 9.13. The van der Waals surface area contributed by atoms with Crippen molar-refractivity contribution in [2.45, 2.75) is 6.92 Å². The van der Waals surface area contributed by atoms with E-state index in [2.05, 4.69) is 5.32 Å². The van der Waals surface area contributed by atoms with E-state index in [4.69, 9.17) is 27.9 Å². The molecule has 5 nitrogen and oxygen atoms in total. The lowest BCUT2D eigenvalue weighted by molar-refractivity contribution is -0.112. The summed E-state index contributed by atoms with van der Waals surface area (Å²) >= 11 is 11.8. The van der Waals surface area contributed by atoms with Crippen LogP contribution in [0.25, 0.3) is 6.08 Å². The fourth-order valence-electron chi connectivity index (χ4n) is 2.58. The monoisotopic (exact) mass is 450 g/mol. The Morgan fingerprint density at radius 2 is 1.65 bits per heavy atom. The number of hydrogen-bond donors (Lipinski definition) is 1. The fourth-order valence-corrected chi connectivity index (χ4v) is 2.87. The van der Waals surface area contributed by atoms with Crippen molar-refractivity contribution in [1.29, 1.82) is 5.26 Å². The van der Waals surface area contributed by atoms with Gasteiger partial charge in [0.25, 0.3) is 5.91 Å². The Kier molecular flexibility index (Phi) is 7.09. The first-order valence-corrected chi connectivity index (χ1v) is 9.88. The topological polar surface area (TPSA) is 79.2 Å². The molecule has 3 aromatic carbocycles. The summed E-state index contributed by atoms with van der Waals surface area (Å²) in [6.45, 7) is 1.93. The summed E-state index contributed by atoms with van der Waals surface area (Å²) in [5, 5.41) is 12.6. The van der Waals surface area contributed by atoms with Crippen LogP contribution in [0.15, 0.2) is 72.3 Å². The molecule has 7 heteroatoms. The number of esters is 1. The van der Waals surface area contributed by atoms with Gasteiger partial charge in [-0.15, -0.1) is 0 Å². The molecule has 154 valence electrons. The van der Waals surface area contributed by atoms with Gasteiger partial charge in [0.1, 0.15) is 17.4 Å². The summed E-state index contributed by atoms with van der Waals surface area (Å²) < 4.78 is 5.35. The van der Waals surface area contributed by atoms with Crippen LogP contribution in [0.3, 0.4) is 0 Å². The van der Waals surface area contributed by atoms with Gasteiger partial charge in [-0.3, -0.25) is 4.79 Å². The van der Waals surface area contributed by atoms with Crippen LogP contribution >= 0.6 is 23.2 Å². The molecule has 1 N–H and O–H groups in total. The fraction of sp³-hybridized carbons (Fsp3) is 0.0417. The molecule has 31 heavy (non-hydrogen) atoms. The lowest BCUT2D eigenvalue weighted by Crippen LogP contribution is -2.13. The standard InChI is InChI=1S/C24H16Cl2N2O3/c1-15-2-6-17(7-3-15)24(30)31-20-9-4-16(5-10-20)12-18(14-27)23(29)28-19-8-11-21(25)22(26)13-19/h2-13H,1H3,(H,28,29)/b18-12+. The highest BCUT2D eigenvalue weighted by Crippen LogP contribution is 2.25. The number of rotatable bonds is 5. The Bertz CT molecular complexity index is 1190. The van der Waals surface area contributed by atoms with Gasteiger partial charge in [-0.05, 0) is 61.0 Å². The van der Waals surface area contributed by atoms with Gasteiger partial charge in [0.05, 0.1) is 15.6 Å². The molecule has 0 spiro atoms. The van der Waals surface area contributed by atoms with Crippen molar-refractivity contribution in [2.24, 2.45) is 0 Å². The van der Waals surface area contributed by atoms with Gasteiger partial charge in [-0.2, -0.15) is 5.26 Å². The number of amides is 1. The number of carbonyl (C=O) groups excluding carboxylic acids is 2. The van der Waals surface area contributed by atoms with Gasteiger partial charge in [0.15, 0.2) is 0 Å². The van der Waals surface area contributed by atoms with Crippen LogP contribution in [-0.2, 0) is 4.79 Å². The van der Waals surface area contributed by atoms with Crippen molar-refractivity contribution in [3.63, 3.8) is 0 Å². The van der Waals surface area contributed by atoms with Gasteiger partial charge in [-0.1, -0.05) is 53.0 Å². The SMILES string of the molecule is Cc1ccc(C(=O)Oc2ccc(/C=C(\C#N)C(=O)Nc3ccc(Cl)c(Cl)c3)cc2)cc1. The molecule has 0 fully saturated rings. The van der Waals surface area contributed by atoms with Gasteiger partial charge < -0.3 is 10.1 Å². The highest BCUT2D eigenvalue weighted by molar-refractivity contribution is 6.42. The molecule has 0 atom stereocenters. The quantitative estimate of drug-likeness (QED) is 0.221. The number of hydrogen-bond acceptors (Lipinski definition) is 4. The van der Waals surface area contributed by atoms with E-state index in [0.29, 0.717) is 27.6 Å². The Labute approximate surface area is 189 Å². The molecule has 0 aromatic heterocycles. The number of carbonyl (C=O) groups is 2. The van der Waals surface area contributed by atoms with Crippen molar-refractivity contribution in [1.82, 2.24) is 0 Å². The predicted molar refractivity (Wildman–Crippen MR) is 121 cm³/mol. The molecule has 0 radical (unpaired) electrons. The third kappa shape index (κ3) is 5.95. The summed E-state index contributed by atoms with van der Waals surface area (Å²) in [7, 11) is 0. The van der Waals surface area contributed by atoms with E-state index in [-0.39, 0.29) is 10.6 Å². The second-order valence-electron chi connectivity index (χ2n) is 6.58. The Morgan fingerprint density at radius 1 is 0.968 bits per heavy atom. The third-order valence-electron chi connectivity index (χ3n) is 4.23. The normalized spacial score (nSPS) is 10.8. The third-order valence-corrected chi connectivity index (χ3v) is 4.97. The maximum Gasteiger partial charge on any atom is 0.343 e. The largest absolute Gasteiger partial charge is 0.423 e. The van der Waals surface area contributed by atoms with Crippen LogP contribution < -0.4 is 10.1 Å². The van der Waals surface area contributed by atoms with E-state index in [1.807, 2.05) is 25.1 Å². The van der Waals surface area contributed by atoms with Gasteiger partial charge in [-0.25, -0.2) is 4.79 Å². The van der Waals surface area contributed by atoms with Crippen LogP contribution in [0.1, 0.15) is 21.5 Å². The van der Waals surface area contributed by atoms with Gasteiger partial charge >= 0.3 is 5.97 Å². The molecule has 3 rings (SSSR count). The van der Waals surface area contributed by atoms with Crippen LogP contribution in [0, 0.1) is 18.3 Å². The number of nitrogens with zero attached hydrogens (tertiary/aromatic N) is 1.